The van der Waals surface area contributed by atoms with Crippen LogP contribution in [0.2, 0.25) is 0 Å². The summed E-state index contributed by atoms with van der Waals surface area (Å²) in [6, 6.07) is 19.5. The lowest BCUT2D eigenvalue weighted by Gasteiger charge is -2.15. The average Bonchev–Trinajstić information content (AvgIpc) is 2.81. The van der Waals surface area contributed by atoms with E-state index in [4.69, 9.17) is 20.5 Å². The van der Waals surface area contributed by atoms with Crippen molar-refractivity contribution < 1.29 is 29.1 Å². The van der Waals surface area contributed by atoms with Gasteiger partial charge in [0.2, 0.25) is 0 Å². The molecule has 0 amide bonds. The molecule has 0 radical (unpaired) electrons. The van der Waals surface area contributed by atoms with Crippen LogP contribution in [-0.2, 0) is 23.9 Å². The second kappa shape index (κ2) is 15.5. The molecule has 3 N–H and O–H groups in total. The Balaban J connectivity index is 0.000000304. The van der Waals surface area contributed by atoms with Gasteiger partial charge >= 0.3 is 5.97 Å². The predicted octanol–water partition coefficient (Wildman–Crippen LogP) is 3.58. The molecule has 1 atom stereocenters. The van der Waals surface area contributed by atoms with Crippen molar-refractivity contribution >= 4 is 5.97 Å². The first kappa shape index (κ1) is 25.7. The first-order chi connectivity index (χ1) is 14.6. The zero-order chi connectivity index (χ0) is 22.2. The zero-order valence-corrected chi connectivity index (χ0v) is 17.9. The lowest BCUT2D eigenvalue weighted by molar-refractivity contribution is -0.244. The van der Waals surface area contributed by atoms with Crippen molar-refractivity contribution in [3.8, 4) is 0 Å². The molecule has 7 heteroatoms. The number of hydrogen-bond acceptors (Lipinski definition) is 7. The number of esters is 1. The van der Waals surface area contributed by atoms with E-state index in [1.165, 1.54) is 7.11 Å². The summed E-state index contributed by atoms with van der Waals surface area (Å²) in [7, 11) is 4.48. The first-order valence-corrected chi connectivity index (χ1v) is 9.82. The van der Waals surface area contributed by atoms with Gasteiger partial charge in [0.15, 0.2) is 6.29 Å². The van der Waals surface area contributed by atoms with E-state index in [9.17, 15) is 4.79 Å². The van der Waals surface area contributed by atoms with Gasteiger partial charge in [-0.3, -0.25) is 10.1 Å². The fourth-order valence-corrected chi connectivity index (χ4v) is 2.94. The molecule has 2 aromatic rings. The highest BCUT2D eigenvalue weighted by atomic mass is 17.1. The second-order valence-corrected chi connectivity index (χ2v) is 6.63. The van der Waals surface area contributed by atoms with Crippen LogP contribution in [0.3, 0.4) is 0 Å². The monoisotopic (exact) mass is 419 g/mol. The molecule has 0 saturated carbocycles. The maximum absolute atomic E-state index is 10.9. The Hall–Kier alpha value is -2.29. The molecule has 2 aromatic carbocycles. The van der Waals surface area contributed by atoms with E-state index >= 15 is 0 Å². The van der Waals surface area contributed by atoms with E-state index in [0.717, 1.165) is 24.0 Å². The Labute approximate surface area is 178 Å². The quantitative estimate of drug-likeness (QED) is 0.248. The third-order valence-electron chi connectivity index (χ3n) is 4.63. The highest BCUT2D eigenvalue weighted by Crippen LogP contribution is 2.24. The van der Waals surface area contributed by atoms with Gasteiger partial charge in [-0.25, -0.2) is 4.89 Å². The minimum Gasteiger partial charge on any atom is -0.468 e. The van der Waals surface area contributed by atoms with Crippen LogP contribution < -0.4 is 5.73 Å². The van der Waals surface area contributed by atoms with Gasteiger partial charge in [-0.15, -0.1) is 0 Å². The van der Waals surface area contributed by atoms with Crippen LogP contribution in [0, 0.1) is 0 Å². The summed E-state index contributed by atoms with van der Waals surface area (Å²) in [5.41, 5.74) is 7.82. The minimum absolute atomic E-state index is 0.0763. The molecule has 0 heterocycles. The summed E-state index contributed by atoms with van der Waals surface area (Å²) in [5.74, 6) is -0.302. The lowest BCUT2D eigenvalue weighted by Crippen LogP contribution is -2.31. The molecule has 166 valence electrons. The van der Waals surface area contributed by atoms with Crippen LogP contribution in [0.1, 0.15) is 36.3 Å². The number of rotatable bonds is 11. The maximum atomic E-state index is 10.9. The molecule has 0 fully saturated rings. The predicted molar refractivity (Wildman–Crippen MR) is 115 cm³/mol. The van der Waals surface area contributed by atoms with E-state index in [0.29, 0.717) is 6.42 Å². The number of carbonyl (C=O) groups excluding carboxylic acids is 1. The second-order valence-electron chi connectivity index (χ2n) is 6.63. The van der Waals surface area contributed by atoms with Gasteiger partial charge in [-0.1, -0.05) is 60.7 Å². The van der Waals surface area contributed by atoms with Crippen molar-refractivity contribution in [1.29, 1.82) is 0 Å². The molecule has 0 aromatic heterocycles. The van der Waals surface area contributed by atoms with E-state index < -0.39 is 6.04 Å². The van der Waals surface area contributed by atoms with E-state index in [-0.39, 0.29) is 24.8 Å². The van der Waals surface area contributed by atoms with Gasteiger partial charge in [-0.2, -0.15) is 0 Å². The van der Waals surface area contributed by atoms with Crippen LogP contribution in [0.4, 0.5) is 0 Å². The molecule has 7 nitrogen and oxygen atoms in total. The SMILES string of the molecule is COC(=O)C(N)CCCC(OC)OC.OOCC(c1ccccc1)c1ccccc1. The number of carbonyl (C=O) groups is 1. The van der Waals surface area contributed by atoms with Crippen LogP contribution in [0.25, 0.3) is 0 Å². The highest BCUT2D eigenvalue weighted by Gasteiger charge is 2.15. The van der Waals surface area contributed by atoms with Crippen molar-refractivity contribution in [2.45, 2.75) is 37.5 Å². The molecule has 0 aliphatic heterocycles. The zero-order valence-electron chi connectivity index (χ0n) is 17.9. The summed E-state index contributed by atoms with van der Waals surface area (Å²) in [4.78, 5) is 15.2. The molecule has 0 spiro atoms. The largest absolute Gasteiger partial charge is 0.468 e. The topological polar surface area (TPSA) is 100 Å². The normalized spacial score (nSPS) is 11.7. The summed E-state index contributed by atoms with van der Waals surface area (Å²) in [5, 5.41) is 8.66. The summed E-state index contributed by atoms with van der Waals surface area (Å²) in [6.45, 7) is 0.272. The summed E-state index contributed by atoms with van der Waals surface area (Å²) in [6.07, 6.45) is 1.84. The van der Waals surface area contributed by atoms with Gasteiger partial charge in [0.1, 0.15) is 6.04 Å². The average molecular weight is 420 g/mol. The number of ether oxygens (including phenoxy) is 3. The van der Waals surface area contributed by atoms with Gasteiger partial charge in [0.05, 0.1) is 13.7 Å². The lowest BCUT2D eigenvalue weighted by atomic mass is 9.92. The van der Waals surface area contributed by atoms with Crippen LogP contribution in [-0.4, -0.2) is 51.5 Å². The van der Waals surface area contributed by atoms with Gasteiger partial charge < -0.3 is 19.9 Å². The molecule has 30 heavy (non-hydrogen) atoms. The van der Waals surface area contributed by atoms with Crippen LogP contribution in [0.15, 0.2) is 60.7 Å². The van der Waals surface area contributed by atoms with Crippen molar-refractivity contribution in [1.82, 2.24) is 0 Å². The molecule has 1 unspecified atom stereocenters. The molecule has 0 aliphatic rings. The fourth-order valence-electron chi connectivity index (χ4n) is 2.94. The number of hydrogen-bond donors (Lipinski definition) is 2. The molecule has 0 aliphatic carbocycles. The Morgan fingerprint density at radius 1 is 0.900 bits per heavy atom. The van der Waals surface area contributed by atoms with E-state index in [1.54, 1.807) is 14.2 Å². The third kappa shape index (κ3) is 9.47. The Morgan fingerprint density at radius 3 is 1.80 bits per heavy atom. The smallest absolute Gasteiger partial charge is 0.322 e. The molecular weight excluding hydrogens is 386 g/mol. The van der Waals surface area contributed by atoms with Crippen molar-refractivity contribution in [3.63, 3.8) is 0 Å². The highest BCUT2D eigenvalue weighted by molar-refractivity contribution is 5.75. The number of nitrogens with two attached hydrogens (primary N) is 1. The first-order valence-electron chi connectivity index (χ1n) is 9.82. The van der Waals surface area contributed by atoms with E-state index in [1.807, 2.05) is 60.7 Å². The van der Waals surface area contributed by atoms with Crippen molar-refractivity contribution in [3.05, 3.63) is 71.8 Å². The van der Waals surface area contributed by atoms with Gasteiger partial charge in [0.25, 0.3) is 0 Å². The van der Waals surface area contributed by atoms with Crippen molar-refractivity contribution in [2.75, 3.05) is 27.9 Å². The van der Waals surface area contributed by atoms with Crippen molar-refractivity contribution in [2.24, 2.45) is 5.73 Å². The van der Waals surface area contributed by atoms with Gasteiger partial charge in [-0.05, 0) is 30.4 Å². The number of methoxy groups -OCH3 is 3. The molecule has 0 bridgehead atoms. The van der Waals surface area contributed by atoms with Gasteiger partial charge in [0, 0.05) is 20.1 Å². The summed E-state index contributed by atoms with van der Waals surface area (Å²) < 4.78 is 14.5. The molecule has 0 saturated heterocycles. The standard InChI is InChI=1S/C14H14O2.C9H19NO4/c15-16-11-14(12-7-3-1-4-8-12)13-9-5-2-6-10-13;1-12-8(13-2)6-4-5-7(10)9(11)14-3/h1-10,14-15H,11H2;7-8H,4-6,10H2,1-3H3. The maximum Gasteiger partial charge on any atom is 0.322 e. The fraction of sp³-hybridized carbons (Fsp3) is 0.435. The Bertz CT molecular complexity index is 639. The molecular formula is C23H33NO6. The Kier molecular flexibility index (Phi) is 13.3. The minimum atomic E-state index is -0.547. The Morgan fingerprint density at radius 2 is 1.40 bits per heavy atom. The van der Waals surface area contributed by atoms with E-state index in [2.05, 4.69) is 9.62 Å². The van der Waals surface area contributed by atoms with Crippen LogP contribution in [0.5, 0.6) is 0 Å². The molecule has 2 rings (SSSR count). The third-order valence-corrected chi connectivity index (χ3v) is 4.63. The summed E-state index contributed by atoms with van der Waals surface area (Å²) >= 11 is 0. The number of benzene rings is 2. The van der Waals surface area contributed by atoms with Crippen LogP contribution >= 0.6 is 0 Å².